The fraction of sp³-hybridized carbons (Fsp3) is 0.467. The molecule has 0 aliphatic carbocycles. The predicted octanol–water partition coefficient (Wildman–Crippen LogP) is 3.46. The SMILES string of the molecule is O=S(=O)([O-])c1cccc(OC(F)(F)C(F)(F)C(F)(F)C(F)(F)C(F)(F)C(F)(F)/C(F)=C(\F)C(F)(F)F)c1.[Na+]. The van der Waals surface area contributed by atoms with Crippen LogP contribution in [-0.4, -0.2) is 54.9 Å². The molecule has 1 rings (SSSR count). The Morgan fingerprint density at radius 2 is 1.11 bits per heavy atom. The molecule has 0 aromatic heterocycles. The summed E-state index contributed by atoms with van der Waals surface area (Å²) in [5, 5.41) is 0. The molecule has 1 aromatic rings. The predicted molar refractivity (Wildman–Crippen MR) is 80.0 cm³/mol. The molecule has 23 heteroatoms. The number of hydrogen-bond acceptors (Lipinski definition) is 4. The van der Waals surface area contributed by atoms with Crippen molar-refractivity contribution < 1.29 is 122 Å². The number of rotatable bonds is 9. The quantitative estimate of drug-likeness (QED) is 0.240. The number of benzene rings is 1. The third kappa shape index (κ3) is 5.97. The van der Waals surface area contributed by atoms with Crippen LogP contribution < -0.4 is 34.3 Å². The van der Waals surface area contributed by atoms with Crippen LogP contribution in [0, 0.1) is 0 Å². The summed E-state index contributed by atoms with van der Waals surface area (Å²) in [6, 6.07) is 0.141. The van der Waals surface area contributed by atoms with Crippen molar-refractivity contribution >= 4 is 10.1 Å². The summed E-state index contributed by atoms with van der Waals surface area (Å²) >= 11 is 0. The largest absolute Gasteiger partial charge is 1.00 e. The van der Waals surface area contributed by atoms with Crippen LogP contribution in [0.3, 0.4) is 0 Å². The van der Waals surface area contributed by atoms with Gasteiger partial charge in [-0.2, -0.15) is 70.2 Å². The van der Waals surface area contributed by atoms with E-state index in [-0.39, 0.29) is 53.8 Å². The number of allylic oxidation sites excluding steroid dienone is 2. The minimum atomic E-state index is -8.59. The van der Waals surface area contributed by atoms with E-state index in [2.05, 4.69) is 4.74 Å². The normalized spacial score (nSPS) is 15.5. The average molecular weight is 626 g/mol. The zero-order valence-electron chi connectivity index (χ0n) is 17.3. The summed E-state index contributed by atoms with van der Waals surface area (Å²) in [5.41, 5.74) is 0. The van der Waals surface area contributed by atoms with Crippen molar-refractivity contribution in [2.45, 2.75) is 46.8 Å². The maximum atomic E-state index is 13.7. The Morgan fingerprint density at radius 3 is 1.50 bits per heavy atom. The van der Waals surface area contributed by atoms with Crippen molar-refractivity contribution in [3.05, 3.63) is 35.9 Å². The maximum absolute atomic E-state index is 13.7. The van der Waals surface area contributed by atoms with Gasteiger partial charge in [-0.1, -0.05) is 6.07 Å². The summed E-state index contributed by atoms with van der Waals surface area (Å²) < 4.78 is 260. The van der Waals surface area contributed by atoms with Crippen molar-refractivity contribution in [2.75, 3.05) is 0 Å². The van der Waals surface area contributed by atoms with Gasteiger partial charge in [0.25, 0.3) is 0 Å². The van der Waals surface area contributed by atoms with Gasteiger partial charge in [0, 0.05) is 0 Å². The van der Waals surface area contributed by atoms with Gasteiger partial charge in [-0.25, -0.2) is 12.8 Å². The van der Waals surface area contributed by atoms with Gasteiger partial charge < -0.3 is 9.29 Å². The van der Waals surface area contributed by atoms with E-state index in [1.54, 1.807) is 0 Å². The molecule has 0 bridgehead atoms. The summed E-state index contributed by atoms with van der Waals surface area (Å²) in [7, 11) is -5.59. The monoisotopic (exact) mass is 626 g/mol. The van der Waals surface area contributed by atoms with Gasteiger partial charge in [0.05, 0.1) is 4.90 Å². The van der Waals surface area contributed by atoms with Crippen LogP contribution in [0.25, 0.3) is 0 Å². The van der Waals surface area contributed by atoms with Crippen LogP contribution in [-0.2, 0) is 10.1 Å². The van der Waals surface area contributed by atoms with E-state index in [9.17, 15) is 87.6 Å². The summed E-state index contributed by atoms with van der Waals surface area (Å²) in [5.74, 6) is -53.6. The topological polar surface area (TPSA) is 66.4 Å². The van der Waals surface area contributed by atoms with Crippen LogP contribution in [0.5, 0.6) is 5.75 Å². The first-order chi connectivity index (χ1) is 16.0. The second kappa shape index (κ2) is 10.5. The van der Waals surface area contributed by atoms with Crippen LogP contribution in [0.4, 0.5) is 74.6 Å². The van der Waals surface area contributed by atoms with Crippen LogP contribution in [0.15, 0.2) is 40.8 Å². The second-order valence-electron chi connectivity index (χ2n) is 6.55. The molecule has 0 unspecified atom stereocenters. The number of ether oxygens (including phenoxy) is 1. The number of alkyl halides is 15. The molecule has 0 spiro atoms. The molecule has 0 N–H and O–H groups in total. The summed E-state index contributed by atoms with van der Waals surface area (Å²) in [6.07, 6.45) is -14.1. The fourth-order valence-corrected chi connectivity index (χ4v) is 2.59. The smallest absolute Gasteiger partial charge is 0.744 e. The van der Waals surface area contributed by atoms with Gasteiger partial charge in [0.2, 0.25) is 11.7 Å². The molecule has 0 amide bonds. The molecular weight excluding hydrogens is 622 g/mol. The third-order valence-corrected chi connectivity index (χ3v) is 4.83. The van der Waals surface area contributed by atoms with E-state index >= 15 is 0 Å². The van der Waals surface area contributed by atoms with Gasteiger partial charge in [-0.05, 0) is 18.2 Å². The fourth-order valence-electron chi connectivity index (χ4n) is 2.08. The Morgan fingerprint density at radius 1 is 0.684 bits per heavy atom. The van der Waals surface area contributed by atoms with Crippen molar-refractivity contribution in [1.82, 2.24) is 0 Å². The first kappa shape index (κ1) is 36.5. The Bertz CT molecular complexity index is 1160. The Balaban J connectivity index is 0.0000137. The second-order valence-corrected chi connectivity index (χ2v) is 7.93. The van der Waals surface area contributed by atoms with E-state index < -0.39 is 74.3 Å². The van der Waals surface area contributed by atoms with E-state index in [4.69, 9.17) is 0 Å². The zero-order valence-corrected chi connectivity index (χ0v) is 20.1. The molecule has 0 fully saturated rings. The van der Waals surface area contributed by atoms with E-state index in [0.717, 1.165) is 0 Å². The Hall–Kier alpha value is -1.52. The number of hydrogen-bond donors (Lipinski definition) is 0. The van der Waals surface area contributed by atoms with Crippen LogP contribution in [0.2, 0.25) is 0 Å². The van der Waals surface area contributed by atoms with Gasteiger partial charge in [0.15, 0.2) is 0 Å². The molecule has 1 aromatic carbocycles. The first-order valence-electron chi connectivity index (χ1n) is 8.15. The Kier molecular flexibility index (Phi) is 10.0. The molecule has 0 radical (unpaired) electrons. The summed E-state index contributed by atoms with van der Waals surface area (Å²) in [4.78, 5) is -1.58. The molecule has 0 heterocycles. The van der Waals surface area contributed by atoms with Crippen LogP contribution >= 0.6 is 0 Å². The maximum Gasteiger partial charge on any atom is 1.00 e. The zero-order chi connectivity index (χ0) is 29.8. The van der Waals surface area contributed by atoms with Gasteiger partial charge >= 0.3 is 71.5 Å². The van der Waals surface area contributed by atoms with Gasteiger partial charge in [0.1, 0.15) is 15.9 Å². The van der Waals surface area contributed by atoms with Gasteiger partial charge in [-0.15, -0.1) is 0 Å². The first-order valence-corrected chi connectivity index (χ1v) is 9.55. The average Bonchev–Trinajstić information content (AvgIpc) is 2.70. The van der Waals surface area contributed by atoms with E-state index in [1.165, 1.54) is 0 Å². The molecule has 0 aliphatic heterocycles. The van der Waals surface area contributed by atoms with Gasteiger partial charge in [-0.3, -0.25) is 0 Å². The van der Waals surface area contributed by atoms with Crippen molar-refractivity contribution in [3.8, 4) is 5.75 Å². The molecule has 214 valence electrons. The molecule has 0 saturated heterocycles. The summed E-state index contributed by atoms with van der Waals surface area (Å²) in [6.45, 7) is 0. The van der Waals surface area contributed by atoms with Crippen molar-refractivity contribution in [1.29, 1.82) is 0 Å². The van der Waals surface area contributed by atoms with E-state index in [0.29, 0.717) is 0 Å². The third-order valence-electron chi connectivity index (χ3n) is 4.00. The molecule has 0 atom stereocenters. The minimum Gasteiger partial charge on any atom is -0.744 e. The van der Waals surface area contributed by atoms with E-state index in [1.807, 2.05) is 0 Å². The minimum absolute atomic E-state index is 0. The van der Waals surface area contributed by atoms with Crippen LogP contribution in [0.1, 0.15) is 0 Å². The standard InChI is InChI=1S/C15H5F17O4S.Na/c16-7(8(17)10(20,21)22)9(18,19)11(23,24)12(25,26)13(27,28)14(29,30)15(31,32)36-5-2-1-3-6(4-5)37(33,34)35;/h1-4H,(H,33,34,35);/q;+1/p-1/b8-7+;. The molecule has 0 aliphatic rings. The van der Waals surface area contributed by atoms with Crippen molar-refractivity contribution in [3.63, 3.8) is 0 Å². The Labute approximate surface area is 220 Å². The molecule has 4 nitrogen and oxygen atoms in total. The van der Waals surface area contributed by atoms with Crippen molar-refractivity contribution in [2.24, 2.45) is 0 Å². The molecule has 38 heavy (non-hydrogen) atoms. The molecular formula is C15H4F17NaO4S. The number of halogens is 17. The molecule has 0 saturated carbocycles.